The Balaban J connectivity index is 1.00. The Morgan fingerprint density at radius 1 is 0.263 bits per heavy atom. The summed E-state index contributed by atoms with van der Waals surface area (Å²) in [7, 11) is -9.89. The van der Waals surface area contributed by atoms with E-state index in [2.05, 4.69) is 0 Å². The van der Waals surface area contributed by atoms with Crippen LogP contribution in [-0.4, -0.2) is 375 Å². The number of rotatable bonds is 5. The van der Waals surface area contributed by atoms with E-state index < -0.39 is 291 Å². The Kier molecular flexibility index (Phi) is 23.0. The highest BCUT2D eigenvalue weighted by molar-refractivity contribution is 7.87. The molecule has 41 heteroatoms. The second-order valence-corrected chi connectivity index (χ2v) is 27.0. The molecule has 538 valence electrons. The van der Waals surface area contributed by atoms with Crippen LogP contribution in [0.5, 0.6) is 0 Å². The van der Waals surface area contributed by atoms with E-state index in [1.165, 1.54) is 24.3 Å². The minimum absolute atomic E-state index is 0.277. The summed E-state index contributed by atoms with van der Waals surface area (Å²) in [5, 5.41) is 216. The van der Waals surface area contributed by atoms with Crippen molar-refractivity contribution in [3.8, 4) is 11.1 Å². The maximum Gasteiger partial charge on any atom is 0.297 e. The molecule has 95 heavy (non-hydrogen) atoms. The van der Waals surface area contributed by atoms with E-state index >= 15 is 0 Å². The van der Waals surface area contributed by atoms with Gasteiger partial charge < -0.3 is 163 Å². The number of hydrogen-bond donors (Lipinski definition) is 19. The normalized spacial score (nSPS) is 49.1. The fraction of sp³-hybridized carbons (Fsp3) is 0.778. The third kappa shape index (κ3) is 14.5. The maximum absolute atomic E-state index is 14.0. The largest absolute Gasteiger partial charge is 0.394 e. The first-order valence-corrected chi connectivity index (χ1v) is 32.7. The van der Waals surface area contributed by atoms with Crippen molar-refractivity contribution in [2.24, 2.45) is 0 Å². The maximum atomic E-state index is 14.0. The minimum Gasteiger partial charge on any atom is -0.394 e. The molecule has 15 saturated heterocycles. The molecule has 2 aromatic carbocycles. The highest BCUT2D eigenvalue weighted by Crippen LogP contribution is 2.40. The highest BCUT2D eigenvalue weighted by Gasteiger charge is 2.60. The average molecular weight is 1410 g/mol. The van der Waals surface area contributed by atoms with E-state index in [0.29, 0.717) is 0 Å². The molecule has 39 nitrogen and oxygen atoms in total. The molecule has 19 N–H and O–H groups in total. The number of ether oxygens (including phenoxy) is 14. The van der Waals surface area contributed by atoms with Gasteiger partial charge in [-0.05, 0) is 35.4 Å². The number of aliphatic hydroxyl groups excluding tert-OH is 19. The molecule has 35 atom stereocenters. The van der Waals surface area contributed by atoms with Crippen molar-refractivity contribution < 1.29 is 189 Å². The predicted molar refractivity (Wildman–Crippen MR) is 292 cm³/mol. The van der Waals surface area contributed by atoms with Crippen LogP contribution in [0, 0.1) is 0 Å². The molecule has 0 amide bonds. The summed E-state index contributed by atoms with van der Waals surface area (Å²) in [5.41, 5.74) is 0.555. The molecular weight excluding hydrogens is 1340 g/mol. The van der Waals surface area contributed by atoms with E-state index in [0.717, 1.165) is 24.3 Å². The van der Waals surface area contributed by atoms with Crippen LogP contribution in [0.3, 0.4) is 0 Å². The van der Waals surface area contributed by atoms with Gasteiger partial charge in [0.1, 0.15) is 171 Å². The molecular formula is C54H76O39S2. The molecule has 20 bridgehead atoms. The Labute approximate surface area is 537 Å². The summed E-state index contributed by atoms with van der Waals surface area (Å²) in [5.74, 6) is 0. The molecule has 0 spiro atoms. The van der Waals surface area contributed by atoms with Crippen LogP contribution in [0.25, 0.3) is 11.1 Å². The van der Waals surface area contributed by atoms with E-state index in [1.54, 1.807) is 0 Å². The van der Waals surface area contributed by atoms with Gasteiger partial charge in [-0.3, -0.25) is 8.37 Å². The van der Waals surface area contributed by atoms with Crippen molar-refractivity contribution in [1.82, 2.24) is 0 Å². The standard InChI is InChI=1S/C54H76O39S2/c55-9-20-41-27(60)34(67)48(80-20)88-42-21(10-56)83-51(37(70)30(42)63)92-46-25-14-78-94(74,75)18-5-1-16(2-6-18)17-3-7-19(8-4-17)95(76,77)79-15-26-47(32(65)39(72)53(85-26)90-44-23(12-58)81-49(87-41)35(68)28(44)61)93-52-38(71)31(64)43(22(11-57)84-52)89-50-36(69)29(62)45(24(13-59)82-50)91-54(86-25)40(73)33(46)66/h1-8,20-73H,9-15H2/t20-,21-,22-,23-,24-,25-,26+,27+,28+,29-,30+,31-,32-,33+,34+,35+,36-,37+,38-,39-,40+,41-,42-,43+,44-,45+,46-,47+,48-,49-,50+,51-,52+,53+,54-/m0/s1. The van der Waals surface area contributed by atoms with E-state index in [4.69, 9.17) is 74.7 Å². The van der Waals surface area contributed by atoms with Crippen molar-refractivity contribution in [3.63, 3.8) is 0 Å². The summed E-state index contributed by atoms with van der Waals surface area (Å²) in [4.78, 5) is -1.07. The molecule has 29 aliphatic heterocycles. The summed E-state index contributed by atoms with van der Waals surface area (Å²) in [6.07, 6.45) is -76.0. The fourth-order valence-electron chi connectivity index (χ4n) is 12.5. The van der Waals surface area contributed by atoms with Crippen LogP contribution < -0.4 is 0 Å². The van der Waals surface area contributed by atoms with Crippen LogP contribution >= 0.6 is 0 Å². The van der Waals surface area contributed by atoms with Gasteiger partial charge in [-0.15, -0.1) is 0 Å². The summed E-state index contributed by atoms with van der Waals surface area (Å²) >= 11 is 0. The van der Waals surface area contributed by atoms with Crippen molar-refractivity contribution >= 4 is 20.2 Å². The Morgan fingerprint density at radius 3 is 0.663 bits per heavy atom. The molecule has 2 aromatic rings. The predicted octanol–water partition coefficient (Wildman–Crippen LogP) is -12.4. The van der Waals surface area contributed by atoms with Gasteiger partial charge in [0.15, 0.2) is 44.0 Å². The molecule has 0 aromatic heterocycles. The lowest BCUT2D eigenvalue weighted by Crippen LogP contribution is -2.68. The minimum atomic E-state index is -4.95. The van der Waals surface area contributed by atoms with Gasteiger partial charge in [-0.25, -0.2) is 0 Å². The highest BCUT2D eigenvalue weighted by atomic mass is 32.2. The molecule has 15 fully saturated rings. The quantitative estimate of drug-likeness (QED) is 0.124. The molecule has 29 aliphatic rings. The number of hydrogen-bond acceptors (Lipinski definition) is 39. The van der Waals surface area contributed by atoms with Gasteiger partial charge in [0, 0.05) is 0 Å². The SMILES string of the molecule is O=S1(=O)OC[C@@H]2O[C@H]3O[C@H]4[C@@H](O)[C@H](O)[C@@H](O[C@H]5[C@@H](O)[C@H](O)[C@@H](O[C@H]6[C@@H](O)[C@H](O)[C@@H](O[C@@H]7[C@H](O)[C@@H](O)[C@H](O[C@@H]8[C@H](O)[C@@H](O)[C@H](O[C@@H]9[C@H](O)[C@@H](O)[C@H](O[C@@H]2[C@H](O)[C@H]3O)O[C@H]9CO)O[C@H]8CO)O[C@H]7CO)O[C@@H]6COS(=O)(=O)c2ccc(cc2)-c2ccc1cc2)O[C@H]5CO)O[C@H]4CO. The van der Waals surface area contributed by atoms with Crippen molar-refractivity contribution in [2.75, 3.05) is 46.2 Å². The number of benzene rings is 2. The Bertz CT molecular complexity index is 3060. The molecule has 29 heterocycles. The van der Waals surface area contributed by atoms with Gasteiger partial charge >= 0.3 is 0 Å². The topological polar surface area (TPSA) is 600 Å². The second-order valence-electron chi connectivity index (χ2n) is 23.8. The monoisotopic (exact) mass is 1410 g/mol. The van der Waals surface area contributed by atoms with Gasteiger partial charge in [0.25, 0.3) is 20.2 Å². The van der Waals surface area contributed by atoms with E-state index in [1.807, 2.05) is 0 Å². The summed E-state index contributed by atoms with van der Waals surface area (Å²) in [6, 6.07) is 9.40. The van der Waals surface area contributed by atoms with Gasteiger partial charge in [0.2, 0.25) is 0 Å². The number of aliphatic hydroxyl groups is 19. The molecule has 0 aliphatic carbocycles. The zero-order valence-corrected chi connectivity index (χ0v) is 50.9. The Hall–Kier alpha value is -3.06. The van der Waals surface area contributed by atoms with Crippen LogP contribution in [0.1, 0.15) is 0 Å². The summed E-state index contributed by atoms with van der Waals surface area (Å²) < 4.78 is 149. The average Bonchev–Trinajstić information content (AvgIpc) is 0.787. The molecule has 31 rings (SSSR count). The molecule has 0 radical (unpaired) electrons. The fourth-order valence-corrected chi connectivity index (χ4v) is 14.3. The van der Waals surface area contributed by atoms with Gasteiger partial charge in [-0.2, -0.15) is 16.8 Å². The molecule has 0 saturated carbocycles. The zero-order chi connectivity index (χ0) is 68.4. The van der Waals surface area contributed by atoms with Crippen molar-refractivity contribution in [1.29, 1.82) is 0 Å². The zero-order valence-electron chi connectivity index (χ0n) is 49.3. The van der Waals surface area contributed by atoms with Crippen molar-refractivity contribution in [3.05, 3.63) is 48.5 Å². The molecule has 0 unspecified atom stereocenters. The lowest BCUT2D eigenvalue weighted by molar-refractivity contribution is -0.396. The van der Waals surface area contributed by atoms with Crippen LogP contribution in [0.2, 0.25) is 0 Å². The van der Waals surface area contributed by atoms with Gasteiger partial charge in [-0.1, -0.05) is 24.3 Å². The van der Waals surface area contributed by atoms with Crippen LogP contribution in [-0.2, 0) is 94.9 Å². The Morgan fingerprint density at radius 2 is 0.453 bits per heavy atom. The summed E-state index contributed by atoms with van der Waals surface area (Å²) in [6.45, 7) is -8.14. The lowest BCUT2D eigenvalue weighted by atomic mass is 9.95. The first-order chi connectivity index (χ1) is 45.1. The van der Waals surface area contributed by atoms with Crippen LogP contribution in [0.15, 0.2) is 58.3 Å². The third-order valence-electron chi connectivity index (χ3n) is 17.8. The van der Waals surface area contributed by atoms with Crippen molar-refractivity contribution in [2.45, 2.75) is 225 Å². The second kappa shape index (κ2) is 29.9. The lowest BCUT2D eigenvalue weighted by Gasteiger charge is -2.50. The van der Waals surface area contributed by atoms with E-state index in [-0.39, 0.29) is 11.1 Å². The smallest absolute Gasteiger partial charge is 0.297 e. The third-order valence-corrected chi connectivity index (χ3v) is 20.4. The first-order valence-electron chi connectivity index (χ1n) is 29.9. The van der Waals surface area contributed by atoms with Gasteiger partial charge in [0.05, 0.1) is 56.0 Å². The van der Waals surface area contributed by atoms with E-state index in [9.17, 15) is 114 Å². The van der Waals surface area contributed by atoms with Crippen LogP contribution in [0.4, 0.5) is 0 Å². The first kappa shape index (κ1) is 73.2.